The second-order valence-electron chi connectivity index (χ2n) is 3.80. The predicted octanol–water partition coefficient (Wildman–Crippen LogP) is 2.62. The first-order chi connectivity index (χ1) is 7.31. The molecule has 1 aliphatic rings. The fourth-order valence-electron chi connectivity index (χ4n) is 1.90. The fourth-order valence-corrected chi connectivity index (χ4v) is 1.90. The number of ether oxygens (including phenoxy) is 1. The lowest BCUT2D eigenvalue weighted by molar-refractivity contribution is 0.180. The monoisotopic (exact) mass is 204 g/mol. The van der Waals surface area contributed by atoms with Gasteiger partial charge in [0.05, 0.1) is 6.10 Å². The summed E-state index contributed by atoms with van der Waals surface area (Å²) in [4.78, 5) is 0. The number of allylic oxidation sites excluding steroid dienone is 1. The highest BCUT2D eigenvalue weighted by Gasteiger charge is 2.19. The summed E-state index contributed by atoms with van der Waals surface area (Å²) in [6.07, 6.45) is 5.47. The number of benzene rings is 1. The summed E-state index contributed by atoms with van der Waals surface area (Å²) < 4.78 is 5.54. The molecule has 0 radical (unpaired) electrons. The molecule has 1 N–H and O–H groups in total. The molecule has 1 atom stereocenters. The molecule has 2 nitrogen and oxygen atoms in total. The lowest BCUT2D eigenvalue weighted by atomic mass is 10.1. The van der Waals surface area contributed by atoms with Gasteiger partial charge in [-0.3, -0.25) is 0 Å². The number of aliphatic hydroxyl groups excluding tert-OH is 1. The number of fused-ring (bicyclic) bond motifs is 1. The zero-order valence-electron chi connectivity index (χ0n) is 8.94. The molecule has 0 fully saturated rings. The van der Waals surface area contributed by atoms with Gasteiger partial charge in [0.25, 0.3) is 0 Å². The molecule has 15 heavy (non-hydrogen) atoms. The summed E-state index contributed by atoms with van der Waals surface area (Å²) in [5.74, 6) is 0.890. The summed E-state index contributed by atoms with van der Waals surface area (Å²) in [5, 5.41) is 9.63. The minimum atomic E-state index is -0.274. The molecule has 1 unspecified atom stereocenters. The summed E-state index contributed by atoms with van der Waals surface area (Å²) in [7, 11) is 0. The summed E-state index contributed by atoms with van der Waals surface area (Å²) >= 11 is 0. The molecular weight excluding hydrogens is 188 g/mol. The molecule has 80 valence electrons. The second-order valence-corrected chi connectivity index (χ2v) is 3.80. The van der Waals surface area contributed by atoms with E-state index in [1.165, 1.54) is 5.56 Å². The number of aliphatic hydroxyl groups is 1. The van der Waals surface area contributed by atoms with Gasteiger partial charge in [-0.15, -0.1) is 0 Å². The first-order valence-electron chi connectivity index (χ1n) is 5.36. The van der Waals surface area contributed by atoms with Crippen molar-refractivity contribution in [2.75, 3.05) is 6.61 Å². The van der Waals surface area contributed by atoms with Crippen LogP contribution in [0.5, 0.6) is 5.75 Å². The van der Waals surface area contributed by atoms with Crippen molar-refractivity contribution in [3.8, 4) is 5.75 Å². The van der Waals surface area contributed by atoms with Gasteiger partial charge in [0.2, 0.25) is 0 Å². The first-order valence-corrected chi connectivity index (χ1v) is 5.36. The summed E-state index contributed by atoms with van der Waals surface area (Å²) in [6, 6.07) is 5.93. The molecule has 0 aromatic heterocycles. The zero-order valence-corrected chi connectivity index (χ0v) is 8.94. The van der Waals surface area contributed by atoms with Gasteiger partial charge >= 0.3 is 0 Å². The van der Waals surface area contributed by atoms with E-state index in [4.69, 9.17) is 4.74 Å². The van der Waals surface area contributed by atoms with Crippen molar-refractivity contribution in [1.29, 1.82) is 0 Å². The van der Waals surface area contributed by atoms with Crippen molar-refractivity contribution in [3.63, 3.8) is 0 Å². The first kappa shape index (κ1) is 10.2. The van der Waals surface area contributed by atoms with Crippen LogP contribution in [-0.2, 0) is 6.42 Å². The van der Waals surface area contributed by atoms with Gasteiger partial charge in [0.1, 0.15) is 12.4 Å². The van der Waals surface area contributed by atoms with Crippen LogP contribution in [0, 0.1) is 0 Å². The molecule has 0 heterocycles. The van der Waals surface area contributed by atoms with Crippen LogP contribution in [-0.4, -0.2) is 11.7 Å². The van der Waals surface area contributed by atoms with Crippen LogP contribution in [0.15, 0.2) is 30.4 Å². The van der Waals surface area contributed by atoms with Crippen LogP contribution in [0.1, 0.15) is 30.6 Å². The van der Waals surface area contributed by atoms with E-state index in [0.29, 0.717) is 6.61 Å². The Labute approximate surface area is 90.2 Å². The normalized spacial score (nSPS) is 19.5. The Morgan fingerprint density at radius 1 is 1.53 bits per heavy atom. The van der Waals surface area contributed by atoms with E-state index in [1.54, 1.807) is 0 Å². The second kappa shape index (κ2) is 4.49. The average molecular weight is 204 g/mol. The Bertz CT molecular complexity index is 369. The highest BCUT2D eigenvalue weighted by atomic mass is 16.5. The van der Waals surface area contributed by atoms with Gasteiger partial charge in [-0.05, 0) is 43.0 Å². The maximum Gasteiger partial charge on any atom is 0.120 e. The molecular formula is C13H16O2. The van der Waals surface area contributed by atoms with Gasteiger partial charge in [-0.1, -0.05) is 18.2 Å². The minimum absolute atomic E-state index is 0.274. The highest BCUT2D eigenvalue weighted by molar-refractivity contribution is 5.39. The molecule has 0 bridgehead atoms. The molecule has 1 aliphatic carbocycles. The van der Waals surface area contributed by atoms with Crippen molar-refractivity contribution >= 4 is 0 Å². The Kier molecular flexibility index (Phi) is 3.07. The number of hydrogen-bond acceptors (Lipinski definition) is 2. The molecule has 2 rings (SSSR count). The molecule has 0 amide bonds. The molecule has 0 aliphatic heterocycles. The van der Waals surface area contributed by atoms with Gasteiger partial charge in [0.15, 0.2) is 0 Å². The van der Waals surface area contributed by atoms with E-state index in [-0.39, 0.29) is 6.10 Å². The van der Waals surface area contributed by atoms with E-state index in [2.05, 4.69) is 0 Å². The van der Waals surface area contributed by atoms with Gasteiger partial charge in [-0.2, -0.15) is 0 Å². The number of rotatable bonds is 3. The maximum absolute atomic E-state index is 9.63. The third-order valence-electron chi connectivity index (χ3n) is 2.74. The van der Waals surface area contributed by atoms with Gasteiger partial charge < -0.3 is 9.84 Å². The molecule has 0 saturated heterocycles. The predicted molar refractivity (Wildman–Crippen MR) is 60.0 cm³/mol. The van der Waals surface area contributed by atoms with E-state index < -0.39 is 0 Å². The zero-order chi connectivity index (χ0) is 10.7. The van der Waals surface area contributed by atoms with Crippen molar-refractivity contribution in [2.24, 2.45) is 0 Å². The van der Waals surface area contributed by atoms with Crippen molar-refractivity contribution < 1.29 is 9.84 Å². The lowest BCUT2D eigenvalue weighted by Crippen LogP contribution is -1.95. The van der Waals surface area contributed by atoms with Gasteiger partial charge in [0, 0.05) is 0 Å². The van der Waals surface area contributed by atoms with Crippen LogP contribution < -0.4 is 4.74 Å². The lowest BCUT2D eigenvalue weighted by Gasteiger charge is -2.07. The van der Waals surface area contributed by atoms with Crippen LogP contribution in [0.4, 0.5) is 0 Å². The van der Waals surface area contributed by atoms with Crippen LogP contribution >= 0.6 is 0 Å². The quantitative estimate of drug-likeness (QED) is 0.767. The molecule has 1 aromatic carbocycles. The van der Waals surface area contributed by atoms with Crippen molar-refractivity contribution in [2.45, 2.75) is 25.9 Å². The molecule has 0 saturated carbocycles. The standard InChI is InChI=1S/C13H16O2/c1-2-3-8-15-11-5-6-12-10(9-11)4-7-13(12)14/h2-3,5-6,9,13-14H,4,7-8H2,1H3/b3-2+. The van der Waals surface area contributed by atoms with E-state index in [9.17, 15) is 5.11 Å². The highest BCUT2D eigenvalue weighted by Crippen LogP contribution is 2.33. The average Bonchev–Trinajstić information content (AvgIpc) is 2.61. The van der Waals surface area contributed by atoms with E-state index in [1.807, 2.05) is 37.3 Å². The topological polar surface area (TPSA) is 29.5 Å². The number of hydrogen-bond donors (Lipinski definition) is 1. The minimum Gasteiger partial charge on any atom is -0.490 e. The molecule has 2 heteroatoms. The van der Waals surface area contributed by atoms with Crippen LogP contribution in [0.25, 0.3) is 0 Å². The third-order valence-corrected chi connectivity index (χ3v) is 2.74. The SMILES string of the molecule is C/C=C/COc1ccc2c(c1)CCC2O. The van der Waals surface area contributed by atoms with Crippen LogP contribution in [0.3, 0.4) is 0 Å². The van der Waals surface area contributed by atoms with Crippen molar-refractivity contribution in [1.82, 2.24) is 0 Å². The van der Waals surface area contributed by atoms with E-state index >= 15 is 0 Å². The van der Waals surface area contributed by atoms with Gasteiger partial charge in [-0.25, -0.2) is 0 Å². The Balaban J connectivity index is 2.09. The van der Waals surface area contributed by atoms with E-state index in [0.717, 1.165) is 24.2 Å². The Hall–Kier alpha value is -1.28. The number of aryl methyl sites for hydroxylation is 1. The molecule has 0 spiro atoms. The largest absolute Gasteiger partial charge is 0.490 e. The van der Waals surface area contributed by atoms with Crippen LogP contribution in [0.2, 0.25) is 0 Å². The third kappa shape index (κ3) is 2.21. The Morgan fingerprint density at radius 3 is 3.20 bits per heavy atom. The summed E-state index contributed by atoms with van der Waals surface area (Å²) in [6.45, 7) is 2.58. The smallest absolute Gasteiger partial charge is 0.120 e. The maximum atomic E-state index is 9.63. The fraction of sp³-hybridized carbons (Fsp3) is 0.385. The van der Waals surface area contributed by atoms with Crippen molar-refractivity contribution in [3.05, 3.63) is 41.5 Å². The Morgan fingerprint density at radius 2 is 2.40 bits per heavy atom. The summed E-state index contributed by atoms with van der Waals surface area (Å²) in [5.41, 5.74) is 2.29. The molecule has 1 aromatic rings.